The first-order chi connectivity index (χ1) is 17.7. The minimum atomic E-state index is -0.260. The molecule has 1 fully saturated rings. The van der Waals surface area contributed by atoms with E-state index in [0.717, 1.165) is 24.2 Å². The van der Waals surface area contributed by atoms with Crippen molar-refractivity contribution in [3.05, 3.63) is 109 Å². The minimum Gasteiger partial charge on any atom is -0.367 e. The largest absolute Gasteiger partial charge is 0.367 e. The van der Waals surface area contributed by atoms with E-state index in [0.29, 0.717) is 18.7 Å². The van der Waals surface area contributed by atoms with Crippen LogP contribution in [0.2, 0.25) is 0 Å². The van der Waals surface area contributed by atoms with Gasteiger partial charge in [-0.25, -0.2) is 0 Å². The summed E-state index contributed by atoms with van der Waals surface area (Å²) in [4.78, 5) is 33.9. The van der Waals surface area contributed by atoms with Gasteiger partial charge in [0.15, 0.2) is 0 Å². The molecule has 3 aromatic carbocycles. The number of hydrogen-bond donors (Lipinski definition) is 1. The lowest BCUT2D eigenvalue weighted by Crippen LogP contribution is -2.51. The lowest BCUT2D eigenvalue weighted by molar-refractivity contribution is -0.130. The molecule has 0 aliphatic carbocycles. The standard InChI is InChI=1S/C30H28N4O2/c35-29(22-32-30(36)25-11-6-10-24(20-25)26-12-7-15-31-21-26)34-18-16-33(17-19-34)28-14-5-4-13-27(28)23-8-2-1-3-9-23/h1-15,20-21H,16-19,22H2,(H,32,36). The third-order valence-corrected chi connectivity index (χ3v) is 6.48. The summed E-state index contributed by atoms with van der Waals surface area (Å²) < 4.78 is 0. The first kappa shape index (κ1) is 23.3. The van der Waals surface area contributed by atoms with Crippen LogP contribution in [0.25, 0.3) is 22.3 Å². The Morgan fingerprint density at radius 1 is 0.750 bits per heavy atom. The summed E-state index contributed by atoms with van der Waals surface area (Å²) in [5, 5.41) is 2.79. The molecule has 6 heteroatoms. The number of nitrogens with one attached hydrogen (secondary N) is 1. The van der Waals surface area contributed by atoms with Gasteiger partial charge in [0.1, 0.15) is 0 Å². The minimum absolute atomic E-state index is 0.0173. The molecule has 0 unspecified atom stereocenters. The number of hydrogen-bond acceptors (Lipinski definition) is 4. The fourth-order valence-corrected chi connectivity index (χ4v) is 4.55. The quantitative estimate of drug-likeness (QED) is 0.445. The van der Waals surface area contributed by atoms with Crippen molar-refractivity contribution in [1.82, 2.24) is 15.2 Å². The van der Waals surface area contributed by atoms with Gasteiger partial charge < -0.3 is 15.1 Å². The number of aromatic nitrogens is 1. The van der Waals surface area contributed by atoms with E-state index in [2.05, 4.69) is 51.6 Å². The van der Waals surface area contributed by atoms with Crippen molar-refractivity contribution in [2.45, 2.75) is 0 Å². The van der Waals surface area contributed by atoms with Crippen molar-refractivity contribution in [3.8, 4) is 22.3 Å². The number of rotatable bonds is 6. The molecule has 5 rings (SSSR count). The molecule has 4 aromatic rings. The third-order valence-electron chi connectivity index (χ3n) is 6.48. The van der Waals surface area contributed by atoms with Crippen LogP contribution in [-0.4, -0.2) is 54.4 Å². The van der Waals surface area contributed by atoms with E-state index in [9.17, 15) is 9.59 Å². The van der Waals surface area contributed by atoms with Crippen LogP contribution in [0.4, 0.5) is 5.69 Å². The van der Waals surface area contributed by atoms with Crippen molar-refractivity contribution < 1.29 is 9.59 Å². The van der Waals surface area contributed by atoms with Gasteiger partial charge in [-0.05, 0) is 35.4 Å². The second-order valence-electron chi connectivity index (χ2n) is 8.76. The van der Waals surface area contributed by atoms with Crippen LogP contribution < -0.4 is 10.2 Å². The maximum Gasteiger partial charge on any atom is 0.251 e. The molecule has 1 saturated heterocycles. The van der Waals surface area contributed by atoms with Crippen LogP contribution in [0.5, 0.6) is 0 Å². The van der Waals surface area contributed by atoms with Gasteiger partial charge in [-0.2, -0.15) is 0 Å². The highest BCUT2D eigenvalue weighted by molar-refractivity contribution is 5.97. The van der Waals surface area contributed by atoms with Gasteiger partial charge in [-0.1, -0.05) is 66.7 Å². The molecule has 1 aromatic heterocycles. The number of piperazine rings is 1. The Hall–Kier alpha value is -4.45. The lowest BCUT2D eigenvalue weighted by Gasteiger charge is -2.37. The smallest absolute Gasteiger partial charge is 0.251 e. The predicted molar refractivity (Wildman–Crippen MR) is 143 cm³/mol. The van der Waals surface area contributed by atoms with Crippen molar-refractivity contribution in [3.63, 3.8) is 0 Å². The van der Waals surface area contributed by atoms with Gasteiger partial charge in [0, 0.05) is 61.0 Å². The summed E-state index contributed by atoms with van der Waals surface area (Å²) in [6.45, 7) is 2.71. The Morgan fingerprint density at radius 3 is 2.25 bits per heavy atom. The number of pyridine rings is 1. The van der Waals surface area contributed by atoms with E-state index in [-0.39, 0.29) is 18.4 Å². The van der Waals surface area contributed by atoms with Gasteiger partial charge in [0.2, 0.25) is 5.91 Å². The van der Waals surface area contributed by atoms with E-state index in [1.54, 1.807) is 18.5 Å². The number of nitrogens with zero attached hydrogens (tertiary/aromatic N) is 3. The molecule has 0 spiro atoms. The van der Waals surface area contributed by atoms with Crippen molar-refractivity contribution in [2.24, 2.45) is 0 Å². The van der Waals surface area contributed by atoms with Crippen LogP contribution in [0.3, 0.4) is 0 Å². The molecule has 1 aliphatic rings. The van der Waals surface area contributed by atoms with Crippen molar-refractivity contribution >= 4 is 17.5 Å². The van der Waals surface area contributed by atoms with E-state index < -0.39 is 0 Å². The molecule has 1 N–H and O–H groups in total. The number of benzene rings is 3. The lowest BCUT2D eigenvalue weighted by atomic mass is 10.0. The molecule has 2 heterocycles. The first-order valence-electron chi connectivity index (χ1n) is 12.1. The van der Waals surface area contributed by atoms with Crippen molar-refractivity contribution in [2.75, 3.05) is 37.6 Å². The van der Waals surface area contributed by atoms with Gasteiger partial charge in [-0.15, -0.1) is 0 Å². The SMILES string of the molecule is O=C(NCC(=O)N1CCN(c2ccccc2-c2ccccc2)CC1)c1cccc(-c2cccnc2)c1. The van der Waals surface area contributed by atoms with E-state index in [1.165, 1.54) is 16.8 Å². The summed E-state index contributed by atoms with van der Waals surface area (Å²) in [6.07, 6.45) is 3.48. The number of carbonyl (C=O) groups excluding carboxylic acids is 2. The molecular weight excluding hydrogens is 448 g/mol. The molecule has 0 bridgehead atoms. The average Bonchev–Trinajstić information content (AvgIpc) is 2.97. The third kappa shape index (κ3) is 5.28. The van der Waals surface area contributed by atoms with Crippen LogP contribution >= 0.6 is 0 Å². The fraction of sp³-hybridized carbons (Fsp3) is 0.167. The highest BCUT2D eigenvalue weighted by atomic mass is 16.2. The Morgan fingerprint density at radius 2 is 1.47 bits per heavy atom. The Bertz CT molecular complexity index is 1330. The first-order valence-corrected chi connectivity index (χ1v) is 12.1. The molecule has 36 heavy (non-hydrogen) atoms. The molecule has 0 radical (unpaired) electrons. The monoisotopic (exact) mass is 476 g/mol. The van der Waals surface area contributed by atoms with Crippen molar-refractivity contribution in [1.29, 1.82) is 0 Å². The Balaban J connectivity index is 1.17. The predicted octanol–water partition coefficient (Wildman–Crippen LogP) is 4.49. The second-order valence-corrected chi connectivity index (χ2v) is 8.76. The summed E-state index contributed by atoms with van der Waals surface area (Å²) >= 11 is 0. The summed E-state index contributed by atoms with van der Waals surface area (Å²) in [5.41, 5.74) is 5.92. The van der Waals surface area contributed by atoms with E-state index >= 15 is 0 Å². The second kappa shape index (κ2) is 10.9. The van der Waals surface area contributed by atoms with Gasteiger partial charge in [0.25, 0.3) is 5.91 Å². The molecule has 0 atom stereocenters. The van der Waals surface area contributed by atoms with Crippen LogP contribution in [-0.2, 0) is 4.79 Å². The van der Waals surface area contributed by atoms with Gasteiger partial charge in [-0.3, -0.25) is 14.6 Å². The summed E-state index contributed by atoms with van der Waals surface area (Å²) in [5.74, 6) is -0.327. The van der Waals surface area contributed by atoms with Gasteiger partial charge in [0.05, 0.1) is 6.54 Å². The normalized spacial score (nSPS) is 13.3. The molecule has 6 nitrogen and oxygen atoms in total. The highest BCUT2D eigenvalue weighted by Crippen LogP contribution is 2.31. The Labute approximate surface area is 211 Å². The van der Waals surface area contributed by atoms with E-state index in [4.69, 9.17) is 0 Å². The van der Waals surface area contributed by atoms with Crippen LogP contribution in [0.1, 0.15) is 10.4 Å². The van der Waals surface area contributed by atoms with Gasteiger partial charge >= 0.3 is 0 Å². The topological polar surface area (TPSA) is 65.5 Å². The maximum atomic E-state index is 12.8. The zero-order valence-electron chi connectivity index (χ0n) is 20.0. The summed E-state index contributed by atoms with van der Waals surface area (Å²) in [7, 11) is 0. The van der Waals surface area contributed by atoms with E-state index in [1.807, 2.05) is 53.4 Å². The molecule has 0 saturated carbocycles. The maximum absolute atomic E-state index is 12.8. The molecule has 2 amide bonds. The van der Waals surface area contributed by atoms with Crippen LogP contribution in [0, 0.1) is 0 Å². The fourth-order valence-electron chi connectivity index (χ4n) is 4.55. The average molecular weight is 477 g/mol. The number of anilines is 1. The summed E-state index contributed by atoms with van der Waals surface area (Å²) in [6, 6.07) is 29.9. The number of amides is 2. The zero-order valence-corrected chi connectivity index (χ0v) is 20.0. The zero-order chi connectivity index (χ0) is 24.7. The molecule has 1 aliphatic heterocycles. The number of carbonyl (C=O) groups is 2. The number of para-hydroxylation sites is 1. The molecular formula is C30H28N4O2. The van der Waals surface area contributed by atoms with Crippen LogP contribution in [0.15, 0.2) is 103 Å². The molecule has 180 valence electrons. The Kier molecular flexibility index (Phi) is 7.03. The highest BCUT2D eigenvalue weighted by Gasteiger charge is 2.23.